The van der Waals surface area contributed by atoms with E-state index in [1.807, 2.05) is 0 Å². The Kier molecular flexibility index (Phi) is 5.59. The van der Waals surface area contributed by atoms with Crippen LogP contribution in [0.3, 0.4) is 0 Å². The van der Waals surface area contributed by atoms with Crippen molar-refractivity contribution in [2.24, 2.45) is 0 Å². The van der Waals surface area contributed by atoms with Crippen LogP contribution in [0.5, 0.6) is 0 Å². The second-order valence-electron chi connectivity index (χ2n) is 5.18. The number of carbonyl (C=O) groups is 1. The number of hydrogen-bond donors (Lipinski definition) is 1. The number of aromatic nitrogens is 2. The van der Waals surface area contributed by atoms with Crippen molar-refractivity contribution in [2.45, 2.75) is 33.0 Å². The monoisotopic (exact) mass is 423 g/mol. The zero-order chi connectivity index (χ0) is 18.1. The fraction of sp³-hybridized carbons (Fsp3) is 0.333. The third-order valence-electron chi connectivity index (χ3n) is 3.49. The van der Waals surface area contributed by atoms with Gasteiger partial charge in [0.05, 0.1) is 16.7 Å². The second kappa shape index (κ2) is 7.14. The van der Waals surface area contributed by atoms with E-state index in [9.17, 15) is 18.0 Å². The molecule has 0 radical (unpaired) electrons. The van der Waals surface area contributed by atoms with Crippen molar-refractivity contribution in [3.63, 3.8) is 0 Å². The molecule has 1 aromatic carbocycles. The van der Waals surface area contributed by atoms with Crippen LogP contribution in [-0.4, -0.2) is 15.7 Å². The molecule has 1 heterocycles. The number of benzene rings is 1. The summed E-state index contributed by atoms with van der Waals surface area (Å²) in [6, 6.07) is 5.11. The van der Waals surface area contributed by atoms with Crippen molar-refractivity contribution in [1.82, 2.24) is 9.78 Å². The van der Waals surface area contributed by atoms with E-state index in [0.717, 1.165) is 10.2 Å². The number of rotatable bonds is 4. The van der Waals surface area contributed by atoms with Gasteiger partial charge in [-0.15, -0.1) is 0 Å². The molecule has 1 N–H and O–H groups in total. The largest absolute Gasteiger partial charge is 0.436 e. The van der Waals surface area contributed by atoms with E-state index in [2.05, 4.69) is 26.3 Å². The van der Waals surface area contributed by atoms with Gasteiger partial charge in [0.15, 0.2) is 5.69 Å². The van der Waals surface area contributed by atoms with E-state index in [-0.39, 0.29) is 23.3 Å². The smallest absolute Gasteiger partial charge is 0.326 e. The molecule has 0 saturated heterocycles. The summed E-state index contributed by atoms with van der Waals surface area (Å²) in [5.74, 6) is -0.333. The Morgan fingerprint density at radius 2 is 2.04 bits per heavy atom. The van der Waals surface area contributed by atoms with Crippen molar-refractivity contribution in [1.29, 1.82) is 0 Å². The van der Waals surface area contributed by atoms with E-state index >= 15 is 0 Å². The fourth-order valence-electron chi connectivity index (χ4n) is 2.09. The first-order chi connectivity index (χ1) is 11.1. The van der Waals surface area contributed by atoms with Crippen LogP contribution in [0.4, 0.5) is 18.9 Å². The maximum absolute atomic E-state index is 12.8. The van der Waals surface area contributed by atoms with Gasteiger partial charge in [-0.3, -0.25) is 9.48 Å². The lowest BCUT2D eigenvalue weighted by Crippen LogP contribution is -2.16. The Hall–Kier alpha value is -1.54. The lowest BCUT2D eigenvalue weighted by Gasteiger charge is -2.10. The predicted octanol–water partition coefficient (Wildman–Crippen LogP) is 4.96. The molecule has 0 bridgehead atoms. The van der Waals surface area contributed by atoms with Gasteiger partial charge in [0.1, 0.15) is 0 Å². The summed E-state index contributed by atoms with van der Waals surface area (Å²) < 4.78 is 39.5. The molecular formula is C15H14BrClF3N3O. The van der Waals surface area contributed by atoms with E-state index in [4.69, 9.17) is 11.6 Å². The molecule has 130 valence electrons. The molecular weight excluding hydrogens is 411 g/mol. The number of carbonyl (C=O) groups excluding carboxylic acids is 1. The number of nitrogens with zero attached hydrogens (tertiary/aromatic N) is 2. The number of hydrogen-bond acceptors (Lipinski definition) is 2. The average molecular weight is 425 g/mol. The molecule has 0 fully saturated rings. The molecule has 0 aliphatic rings. The normalized spacial score (nSPS) is 11.6. The maximum Gasteiger partial charge on any atom is 0.436 e. The average Bonchev–Trinajstić information content (AvgIpc) is 2.78. The van der Waals surface area contributed by atoms with Crippen LogP contribution in [0.2, 0.25) is 5.02 Å². The van der Waals surface area contributed by atoms with Gasteiger partial charge >= 0.3 is 6.18 Å². The molecule has 0 aliphatic carbocycles. The summed E-state index contributed by atoms with van der Waals surface area (Å²) in [6.45, 7) is 3.31. The van der Waals surface area contributed by atoms with E-state index in [1.54, 1.807) is 25.1 Å². The molecule has 1 aromatic heterocycles. The Balaban J connectivity index is 2.06. The summed E-state index contributed by atoms with van der Waals surface area (Å²) in [5, 5.41) is 6.75. The Morgan fingerprint density at radius 3 is 2.62 bits per heavy atom. The number of alkyl halides is 3. The van der Waals surface area contributed by atoms with Crippen molar-refractivity contribution in [3.8, 4) is 0 Å². The quantitative estimate of drug-likeness (QED) is 0.754. The third kappa shape index (κ3) is 4.10. The van der Waals surface area contributed by atoms with Gasteiger partial charge in [0.2, 0.25) is 5.91 Å². The molecule has 0 unspecified atom stereocenters. The molecule has 2 rings (SSSR count). The zero-order valence-corrected chi connectivity index (χ0v) is 15.2. The molecule has 24 heavy (non-hydrogen) atoms. The van der Waals surface area contributed by atoms with Crippen LogP contribution < -0.4 is 5.32 Å². The molecule has 0 atom stereocenters. The van der Waals surface area contributed by atoms with Gasteiger partial charge in [0, 0.05) is 17.1 Å². The number of halogens is 5. The topological polar surface area (TPSA) is 46.9 Å². The van der Waals surface area contributed by atoms with Crippen LogP contribution in [-0.2, 0) is 17.5 Å². The van der Waals surface area contributed by atoms with Crippen LogP contribution in [0.1, 0.15) is 23.4 Å². The highest BCUT2D eigenvalue weighted by Gasteiger charge is 2.37. The minimum absolute atomic E-state index is 0.0157. The lowest BCUT2D eigenvalue weighted by molar-refractivity contribution is -0.142. The lowest BCUT2D eigenvalue weighted by atomic mass is 10.2. The highest BCUT2D eigenvalue weighted by molar-refractivity contribution is 9.10. The predicted molar refractivity (Wildman–Crippen MR) is 89.1 cm³/mol. The van der Waals surface area contributed by atoms with Gasteiger partial charge in [-0.25, -0.2) is 0 Å². The Morgan fingerprint density at radius 1 is 1.38 bits per heavy atom. The molecule has 0 aliphatic heterocycles. The SMILES string of the molecule is Cc1c(Cl)cccc1NC(=O)CCn1nc(C(F)(F)F)c(Br)c1C. The van der Waals surface area contributed by atoms with Gasteiger partial charge in [-0.05, 0) is 47.5 Å². The van der Waals surface area contributed by atoms with E-state index in [0.29, 0.717) is 16.4 Å². The minimum atomic E-state index is -4.55. The summed E-state index contributed by atoms with van der Waals surface area (Å²) in [6.07, 6.45) is -4.56. The first-order valence-electron chi connectivity index (χ1n) is 6.96. The van der Waals surface area contributed by atoms with Gasteiger partial charge < -0.3 is 5.32 Å². The molecule has 0 spiro atoms. The highest BCUT2D eigenvalue weighted by Crippen LogP contribution is 2.35. The molecule has 2 aromatic rings. The number of aryl methyl sites for hydroxylation is 1. The van der Waals surface area contributed by atoms with E-state index in [1.165, 1.54) is 6.92 Å². The summed E-state index contributed by atoms with van der Waals surface area (Å²) >= 11 is 8.87. The zero-order valence-electron chi connectivity index (χ0n) is 12.8. The molecule has 9 heteroatoms. The summed E-state index contributed by atoms with van der Waals surface area (Å²) in [4.78, 5) is 12.0. The van der Waals surface area contributed by atoms with Gasteiger partial charge in [0.25, 0.3) is 0 Å². The van der Waals surface area contributed by atoms with Crippen LogP contribution in [0, 0.1) is 13.8 Å². The van der Waals surface area contributed by atoms with E-state index < -0.39 is 11.9 Å². The fourth-order valence-corrected chi connectivity index (χ4v) is 2.77. The summed E-state index contributed by atoms with van der Waals surface area (Å²) in [5.41, 5.74) is 0.617. The standard InChI is InChI=1S/C15H14BrClF3N3O/c1-8-10(17)4-3-5-11(8)21-12(24)6-7-23-9(2)13(16)14(22-23)15(18,19)20/h3-5H,6-7H2,1-2H3,(H,21,24). The molecule has 0 saturated carbocycles. The second-order valence-corrected chi connectivity index (χ2v) is 6.38. The van der Waals surface area contributed by atoms with Gasteiger partial charge in [-0.1, -0.05) is 17.7 Å². The maximum atomic E-state index is 12.8. The first-order valence-corrected chi connectivity index (χ1v) is 8.13. The van der Waals surface area contributed by atoms with Crippen molar-refractivity contribution >= 4 is 39.1 Å². The minimum Gasteiger partial charge on any atom is -0.326 e. The first kappa shape index (κ1) is 18.8. The number of nitrogens with one attached hydrogen (secondary N) is 1. The third-order valence-corrected chi connectivity index (χ3v) is 4.85. The van der Waals surface area contributed by atoms with Crippen molar-refractivity contribution in [2.75, 3.05) is 5.32 Å². The molecule has 1 amide bonds. The molecule has 4 nitrogen and oxygen atoms in total. The Bertz CT molecular complexity index is 774. The van der Waals surface area contributed by atoms with Crippen molar-refractivity contribution < 1.29 is 18.0 Å². The van der Waals surface area contributed by atoms with Gasteiger partial charge in [-0.2, -0.15) is 18.3 Å². The highest BCUT2D eigenvalue weighted by atomic mass is 79.9. The van der Waals surface area contributed by atoms with Crippen LogP contribution in [0.25, 0.3) is 0 Å². The van der Waals surface area contributed by atoms with Crippen LogP contribution in [0.15, 0.2) is 22.7 Å². The Labute approximate surface area is 150 Å². The number of anilines is 1. The number of amides is 1. The summed E-state index contributed by atoms with van der Waals surface area (Å²) in [7, 11) is 0. The van der Waals surface area contributed by atoms with Crippen molar-refractivity contribution in [3.05, 3.63) is 44.6 Å². The van der Waals surface area contributed by atoms with Crippen LogP contribution >= 0.6 is 27.5 Å².